The molecule has 0 saturated carbocycles. The third-order valence-electron chi connectivity index (χ3n) is 1.55. The lowest BCUT2D eigenvalue weighted by Crippen LogP contribution is -2.10. The highest BCUT2D eigenvalue weighted by molar-refractivity contribution is 5.70. The van der Waals surface area contributed by atoms with Crippen LogP contribution in [0.5, 0.6) is 0 Å². The number of rotatable bonds is 2. The van der Waals surface area contributed by atoms with Gasteiger partial charge in [0.1, 0.15) is 6.42 Å². The molecule has 1 heterocycles. The average Bonchev–Trinajstić information content (AvgIpc) is 2.19. The third kappa shape index (κ3) is 2.95. The maximum Gasteiger partial charge on any atom is 0.335 e. The molecule has 0 aliphatic carbocycles. The van der Waals surface area contributed by atoms with Crippen LogP contribution in [-0.2, 0) is 4.79 Å². The lowest BCUT2D eigenvalue weighted by molar-refractivity contribution is -0.386. The predicted molar refractivity (Wildman–Crippen MR) is 52.8 cm³/mol. The van der Waals surface area contributed by atoms with Crippen molar-refractivity contribution in [3.05, 3.63) is 38.3 Å². The molecule has 0 amide bonds. The number of carboxylic acids is 1. The van der Waals surface area contributed by atoms with E-state index in [9.17, 15) is 19.7 Å². The van der Waals surface area contributed by atoms with E-state index >= 15 is 0 Å². The molecule has 0 aliphatic rings. The summed E-state index contributed by atoms with van der Waals surface area (Å²) in [6.45, 7) is 0. The van der Waals surface area contributed by atoms with Crippen molar-refractivity contribution < 1.29 is 14.8 Å². The topological polar surface area (TPSA) is 113 Å². The Hall–Kier alpha value is -2.62. The van der Waals surface area contributed by atoms with Gasteiger partial charge < -0.3 is 10.1 Å². The number of aromatic amines is 1. The van der Waals surface area contributed by atoms with Crippen LogP contribution in [0.1, 0.15) is 12.0 Å². The van der Waals surface area contributed by atoms with E-state index in [0.29, 0.717) is 0 Å². The molecule has 16 heavy (non-hydrogen) atoms. The Labute approximate surface area is 88.9 Å². The second kappa shape index (κ2) is 4.75. The molecular weight excluding hydrogens is 216 g/mol. The normalized spacial score (nSPS) is 9.00. The second-order valence-corrected chi connectivity index (χ2v) is 2.73. The minimum absolute atomic E-state index is 0.188. The third-order valence-corrected chi connectivity index (χ3v) is 1.55. The van der Waals surface area contributed by atoms with Crippen LogP contribution >= 0.6 is 0 Å². The number of hydrogen-bond acceptors (Lipinski definition) is 4. The highest BCUT2D eigenvalue weighted by Gasteiger charge is 2.11. The van der Waals surface area contributed by atoms with Crippen LogP contribution < -0.4 is 5.56 Å². The zero-order chi connectivity index (χ0) is 12.1. The van der Waals surface area contributed by atoms with Gasteiger partial charge in [-0.3, -0.25) is 19.7 Å². The van der Waals surface area contributed by atoms with Crippen LogP contribution in [0.15, 0.2) is 17.1 Å². The summed E-state index contributed by atoms with van der Waals surface area (Å²) in [7, 11) is 0. The number of pyridine rings is 1. The van der Waals surface area contributed by atoms with Gasteiger partial charge in [0.15, 0.2) is 0 Å². The maximum atomic E-state index is 11.0. The first kappa shape index (κ1) is 11.5. The van der Waals surface area contributed by atoms with Crippen molar-refractivity contribution in [3.63, 3.8) is 0 Å². The van der Waals surface area contributed by atoms with Gasteiger partial charge in [-0.05, 0) is 0 Å². The number of nitrogens with one attached hydrogen (secondary N) is 1. The summed E-state index contributed by atoms with van der Waals surface area (Å²) in [5, 5.41) is 18.7. The van der Waals surface area contributed by atoms with Crippen LogP contribution in [0.4, 0.5) is 5.69 Å². The Morgan fingerprint density at radius 1 is 1.62 bits per heavy atom. The Bertz CT molecular complexity index is 549. The summed E-state index contributed by atoms with van der Waals surface area (Å²) in [6.07, 6.45) is 0.817. The van der Waals surface area contributed by atoms with Crippen molar-refractivity contribution >= 4 is 11.7 Å². The molecule has 1 aromatic rings. The molecule has 0 fully saturated rings. The summed E-state index contributed by atoms with van der Waals surface area (Å²) in [5.41, 5.74) is -1.26. The molecule has 7 heteroatoms. The molecule has 1 aromatic heterocycles. The van der Waals surface area contributed by atoms with Crippen LogP contribution in [0.2, 0.25) is 0 Å². The van der Waals surface area contributed by atoms with E-state index in [1.807, 2.05) is 0 Å². The number of aromatic nitrogens is 1. The van der Waals surface area contributed by atoms with Gasteiger partial charge in [-0.15, -0.1) is 0 Å². The van der Waals surface area contributed by atoms with Gasteiger partial charge in [-0.25, -0.2) is 0 Å². The van der Waals surface area contributed by atoms with E-state index in [1.54, 1.807) is 0 Å². The number of nitrogens with zero attached hydrogens (tertiary/aromatic N) is 1. The highest BCUT2D eigenvalue weighted by Crippen LogP contribution is 2.04. The van der Waals surface area contributed by atoms with Crippen LogP contribution in [-0.4, -0.2) is 21.0 Å². The van der Waals surface area contributed by atoms with E-state index in [4.69, 9.17) is 5.11 Å². The van der Waals surface area contributed by atoms with Crippen molar-refractivity contribution in [1.29, 1.82) is 0 Å². The summed E-state index contributed by atoms with van der Waals surface area (Å²) in [6, 6.07) is 0.994. The van der Waals surface area contributed by atoms with Gasteiger partial charge in [0.05, 0.1) is 4.92 Å². The Kier molecular flexibility index (Phi) is 3.40. The lowest BCUT2D eigenvalue weighted by Gasteiger charge is -1.91. The van der Waals surface area contributed by atoms with E-state index in [0.717, 1.165) is 6.07 Å². The van der Waals surface area contributed by atoms with Crippen LogP contribution in [0.25, 0.3) is 0 Å². The molecule has 7 nitrogen and oxygen atoms in total. The minimum atomic E-state index is -1.09. The van der Waals surface area contributed by atoms with Crippen molar-refractivity contribution in [2.24, 2.45) is 0 Å². The second-order valence-electron chi connectivity index (χ2n) is 2.73. The fourth-order valence-electron chi connectivity index (χ4n) is 0.901. The molecule has 0 saturated heterocycles. The average molecular weight is 222 g/mol. The summed E-state index contributed by atoms with van der Waals surface area (Å²) >= 11 is 0. The van der Waals surface area contributed by atoms with Gasteiger partial charge >= 0.3 is 17.2 Å². The molecule has 0 aliphatic heterocycles. The number of hydrogen-bond donors (Lipinski definition) is 2. The molecule has 0 aromatic carbocycles. The smallest absolute Gasteiger partial charge is 0.335 e. The lowest BCUT2D eigenvalue weighted by atomic mass is 10.2. The zero-order valence-corrected chi connectivity index (χ0v) is 7.89. The van der Waals surface area contributed by atoms with Gasteiger partial charge in [-0.1, -0.05) is 11.8 Å². The number of H-pyrrole nitrogens is 1. The van der Waals surface area contributed by atoms with E-state index < -0.39 is 22.1 Å². The first-order valence-electron chi connectivity index (χ1n) is 4.08. The van der Waals surface area contributed by atoms with E-state index in [-0.39, 0.29) is 12.0 Å². The zero-order valence-electron chi connectivity index (χ0n) is 7.89. The number of carbonyl (C=O) groups is 1. The molecule has 0 unspecified atom stereocenters. The SMILES string of the molecule is O=C(O)CC#Cc1c[nH]c(=O)c([N+](=O)[O-])c1. The number of nitro groups is 1. The summed E-state index contributed by atoms with van der Waals surface area (Å²) in [5.74, 6) is 3.59. The maximum absolute atomic E-state index is 11.0. The van der Waals surface area contributed by atoms with Gasteiger partial charge in [-0.2, -0.15) is 0 Å². The molecule has 0 spiro atoms. The van der Waals surface area contributed by atoms with Gasteiger partial charge in [0, 0.05) is 17.8 Å². The highest BCUT2D eigenvalue weighted by atomic mass is 16.6. The molecule has 1 rings (SSSR count). The van der Waals surface area contributed by atoms with Crippen LogP contribution in [0, 0.1) is 22.0 Å². The molecule has 82 valence electrons. The fourth-order valence-corrected chi connectivity index (χ4v) is 0.901. The van der Waals surface area contributed by atoms with E-state index in [2.05, 4.69) is 16.8 Å². The summed E-state index contributed by atoms with van der Waals surface area (Å²) in [4.78, 5) is 32.8. The predicted octanol–water partition coefficient (Wildman–Crippen LogP) is 0.109. The summed E-state index contributed by atoms with van der Waals surface area (Å²) < 4.78 is 0. The molecule has 0 radical (unpaired) electrons. The molecule has 0 bridgehead atoms. The standard InChI is InChI=1S/C9H6N2O5/c12-8(13)3-1-2-6-4-7(11(15)16)9(14)10-5-6/h4-5H,3H2,(H,10,14)(H,12,13). The van der Waals surface area contributed by atoms with Gasteiger partial charge in [0.2, 0.25) is 0 Å². The first-order valence-corrected chi connectivity index (χ1v) is 4.08. The van der Waals surface area contributed by atoms with Crippen molar-refractivity contribution in [3.8, 4) is 11.8 Å². The Morgan fingerprint density at radius 2 is 2.31 bits per heavy atom. The first-order chi connectivity index (χ1) is 7.50. The van der Waals surface area contributed by atoms with E-state index in [1.165, 1.54) is 6.20 Å². The van der Waals surface area contributed by atoms with Gasteiger partial charge in [0.25, 0.3) is 0 Å². The Balaban J connectivity index is 3.03. The molecule has 2 N–H and O–H groups in total. The number of carboxylic acid groups (broad SMARTS) is 1. The monoisotopic (exact) mass is 222 g/mol. The van der Waals surface area contributed by atoms with Crippen LogP contribution in [0.3, 0.4) is 0 Å². The van der Waals surface area contributed by atoms with Crippen molar-refractivity contribution in [2.75, 3.05) is 0 Å². The fraction of sp³-hybridized carbons (Fsp3) is 0.111. The van der Waals surface area contributed by atoms with Crippen molar-refractivity contribution in [2.45, 2.75) is 6.42 Å². The number of aliphatic carboxylic acids is 1. The quantitative estimate of drug-likeness (QED) is 0.418. The minimum Gasteiger partial charge on any atom is -0.481 e. The Morgan fingerprint density at radius 3 is 2.88 bits per heavy atom. The molecule has 0 atom stereocenters. The largest absolute Gasteiger partial charge is 0.481 e. The van der Waals surface area contributed by atoms with Crippen molar-refractivity contribution in [1.82, 2.24) is 4.98 Å². The molecular formula is C9H6N2O5.